The van der Waals surface area contributed by atoms with Gasteiger partial charge in [0.15, 0.2) is 0 Å². The summed E-state index contributed by atoms with van der Waals surface area (Å²) in [5, 5.41) is 0.711. The Morgan fingerprint density at radius 2 is 1.94 bits per heavy atom. The molecule has 1 heterocycles. The summed E-state index contributed by atoms with van der Waals surface area (Å²) in [5.74, 6) is 1.12. The monoisotopic (exact) mass is 310 g/mol. The normalized spacial score (nSPS) is 10.9. The van der Waals surface area contributed by atoms with E-state index in [0.717, 1.165) is 21.7 Å². The molecule has 0 saturated heterocycles. The molecule has 0 atom stereocenters. The lowest BCUT2D eigenvalue weighted by Gasteiger charge is -2.08. The Kier molecular flexibility index (Phi) is 3.79. The van der Waals surface area contributed by atoms with Crippen molar-refractivity contribution in [2.75, 3.05) is 0 Å². The number of benzene rings is 1. The molecule has 0 N–H and O–H groups in total. The highest BCUT2D eigenvalue weighted by atomic mass is 79.9. The van der Waals surface area contributed by atoms with Crippen molar-refractivity contribution in [1.29, 1.82) is 0 Å². The summed E-state index contributed by atoms with van der Waals surface area (Å²) < 4.78 is 0.797. The van der Waals surface area contributed by atoms with Gasteiger partial charge in [-0.3, -0.25) is 0 Å². The van der Waals surface area contributed by atoms with Gasteiger partial charge in [-0.25, -0.2) is 9.97 Å². The first-order chi connectivity index (χ1) is 8.06. The molecule has 0 aliphatic carbocycles. The molecule has 0 radical (unpaired) electrons. The minimum absolute atomic E-state index is 0.297. The van der Waals surface area contributed by atoms with Crippen LogP contribution < -0.4 is 0 Å². The van der Waals surface area contributed by atoms with Crippen LogP contribution in [0.1, 0.15) is 25.6 Å². The smallest absolute Gasteiger partial charge is 0.132 e. The van der Waals surface area contributed by atoms with E-state index in [2.05, 4.69) is 39.7 Å². The van der Waals surface area contributed by atoms with E-state index in [1.807, 2.05) is 30.3 Å². The largest absolute Gasteiger partial charge is 0.233 e. The molecule has 2 rings (SSSR count). The molecule has 1 aromatic heterocycles. The van der Waals surface area contributed by atoms with Crippen LogP contribution in [0.15, 0.2) is 34.9 Å². The van der Waals surface area contributed by atoms with E-state index >= 15 is 0 Å². The predicted molar refractivity (Wildman–Crippen MR) is 74.3 cm³/mol. The van der Waals surface area contributed by atoms with Gasteiger partial charge in [0, 0.05) is 16.5 Å². The van der Waals surface area contributed by atoms with Crippen molar-refractivity contribution >= 4 is 27.5 Å². The Bertz CT molecular complexity index is 541. The summed E-state index contributed by atoms with van der Waals surface area (Å²) in [7, 11) is 0. The van der Waals surface area contributed by atoms with Crippen molar-refractivity contribution in [3.63, 3.8) is 0 Å². The third-order valence-corrected chi connectivity index (χ3v) is 2.99. The van der Waals surface area contributed by atoms with Crippen molar-refractivity contribution in [3.05, 3.63) is 45.8 Å². The molecule has 2 aromatic rings. The topological polar surface area (TPSA) is 25.8 Å². The second kappa shape index (κ2) is 5.15. The first kappa shape index (κ1) is 12.5. The lowest BCUT2D eigenvalue weighted by atomic mass is 10.1. The summed E-state index contributed by atoms with van der Waals surface area (Å²) in [5.41, 5.74) is 1.89. The maximum Gasteiger partial charge on any atom is 0.132 e. The number of hydrogen-bond donors (Lipinski definition) is 0. The fraction of sp³-hybridized carbons (Fsp3) is 0.231. The number of hydrogen-bond acceptors (Lipinski definition) is 2. The Morgan fingerprint density at radius 3 is 2.59 bits per heavy atom. The number of rotatable bonds is 2. The van der Waals surface area contributed by atoms with Crippen molar-refractivity contribution in [3.8, 4) is 11.3 Å². The molecule has 0 saturated carbocycles. The number of nitrogens with zero attached hydrogens (tertiary/aromatic N) is 2. The van der Waals surface area contributed by atoms with Gasteiger partial charge in [-0.2, -0.15) is 0 Å². The molecule has 2 nitrogen and oxygen atoms in total. The van der Waals surface area contributed by atoms with Crippen molar-refractivity contribution in [2.45, 2.75) is 19.8 Å². The van der Waals surface area contributed by atoms with Gasteiger partial charge in [0.1, 0.15) is 10.4 Å². The average molecular weight is 312 g/mol. The van der Waals surface area contributed by atoms with Gasteiger partial charge in [-0.15, -0.1) is 0 Å². The molecule has 0 bridgehead atoms. The summed E-state index contributed by atoms with van der Waals surface area (Å²) in [6.07, 6.45) is 0. The van der Waals surface area contributed by atoms with Crippen LogP contribution in [-0.4, -0.2) is 9.97 Å². The zero-order chi connectivity index (χ0) is 12.4. The zero-order valence-corrected chi connectivity index (χ0v) is 12.0. The molecule has 88 valence electrons. The third-order valence-electron chi connectivity index (χ3n) is 2.35. The van der Waals surface area contributed by atoms with E-state index in [0.29, 0.717) is 10.9 Å². The second-order valence-corrected chi connectivity index (χ2v) is 5.35. The molecule has 17 heavy (non-hydrogen) atoms. The van der Waals surface area contributed by atoms with Crippen LogP contribution in [0.4, 0.5) is 0 Å². The van der Waals surface area contributed by atoms with Crippen LogP contribution >= 0.6 is 27.5 Å². The van der Waals surface area contributed by atoms with Gasteiger partial charge < -0.3 is 0 Å². The fourth-order valence-electron chi connectivity index (χ4n) is 1.49. The molecule has 4 heteroatoms. The van der Waals surface area contributed by atoms with Crippen molar-refractivity contribution < 1.29 is 0 Å². The van der Waals surface area contributed by atoms with Gasteiger partial charge in [0.05, 0.1) is 5.69 Å². The lowest BCUT2D eigenvalue weighted by molar-refractivity contribution is 0.771. The Hall–Kier alpha value is -0.930. The van der Waals surface area contributed by atoms with Crippen molar-refractivity contribution in [2.24, 2.45) is 0 Å². The molecular formula is C13H12BrClN2. The van der Waals surface area contributed by atoms with E-state index in [-0.39, 0.29) is 0 Å². The van der Waals surface area contributed by atoms with Crippen molar-refractivity contribution in [1.82, 2.24) is 9.97 Å². The first-order valence-electron chi connectivity index (χ1n) is 5.36. The maximum atomic E-state index is 5.98. The highest BCUT2D eigenvalue weighted by molar-refractivity contribution is 9.10. The quantitative estimate of drug-likeness (QED) is 0.752. The Balaban J connectivity index is 2.52. The van der Waals surface area contributed by atoms with Crippen LogP contribution in [0.25, 0.3) is 11.3 Å². The van der Waals surface area contributed by atoms with Crippen LogP contribution in [0.5, 0.6) is 0 Å². The van der Waals surface area contributed by atoms with Crippen LogP contribution in [0.3, 0.4) is 0 Å². The van der Waals surface area contributed by atoms with E-state index < -0.39 is 0 Å². The van der Waals surface area contributed by atoms with Crippen LogP contribution in [0.2, 0.25) is 5.02 Å². The van der Waals surface area contributed by atoms with Crippen LogP contribution in [-0.2, 0) is 0 Å². The SMILES string of the molecule is CC(C)c1nc(Br)cc(-c2cccc(Cl)c2)n1. The molecule has 0 spiro atoms. The summed E-state index contributed by atoms with van der Waals surface area (Å²) in [6.45, 7) is 4.15. The fourth-order valence-corrected chi connectivity index (χ4v) is 2.08. The summed E-state index contributed by atoms with van der Waals surface area (Å²) in [4.78, 5) is 8.90. The Morgan fingerprint density at radius 1 is 1.18 bits per heavy atom. The van der Waals surface area contributed by atoms with Crippen LogP contribution in [0, 0.1) is 0 Å². The Labute approximate surface area is 114 Å². The van der Waals surface area contributed by atoms with Gasteiger partial charge >= 0.3 is 0 Å². The minimum atomic E-state index is 0.297. The molecule has 0 unspecified atom stereocenters. The molecule has 0 amide bonds. The molecular weight excluding hydrogens is 300 g/mol. The second-order valence-electron chi connectivity index (χ2n) is 4.10. The maximum absolute atomic E-state index is 5.98. The lowest BCUT2D eigenvalue weighted by Crippen LogP contribution is -1.99. The average Bonchev–Trinajstić information content (AvgIpc) is 2.28. The summed E-state index contributed by atoms with van der Waals surface area (Å²) >= 11 is 9.39. The van der Waals surface area contributed by atoms with E-state index in [1.165, 1.54) is 0 Å². The van der Waals surface area contributed by atoms with Gasteiger partial charge in [-0.1, -0.05) is 37.6 Å². The third kappa shape index (κ3) is 3.05. The standard InChI is InChI=1S/C13H12BrClN2/c1-8(2)13-16-11(7-12(14)17-13)9-4-3-5-10(15)6-9/h3-8H,1-2H3. The molecule has 0 fully saturated rings. The molecule has 1 aromatic carbocycles. The van der Waals surface area contributed by atoms with Gasteiger partial charge in [0.25, 0.3) is 0 Å². The zero-order valence-electron chi connectivity index (χ0n) is 9.61. The summed E-state index contributed by atoms with van der Waals surface area (Å²) in [6, 6.07) is 9.57. The highest BCUT2D eigenvalue weighted by Crippen LogP contribution is 2.24. The van der Waals surface area contributed by atoms with Gasteiger partial charge in [0.2, 0.25) is 0 Å². The highest BCUT2D eigenvalue weighted by Gasteiger charge is 2.08. The van der Waals surface area contributed by atoms with E-state index in [9.17, 15) is 0 Å². The number of aromatic nitrogens is 2. The van der Waals surface area contributed by atoms with Gasteiger partial charge in [-0.05, 0) is 34.1 Å². The minimum Gasteiger partial charge on any atom is -0.233 e. The molecule has 0 aliphatic rings. The number of halogens is 2. The molecule has 0 aliphatic heterocycles. The first-order valence-corrected chi connectivity index (χ1v) is 6.54. The predicted octanol–water partition coefficient (Wildman–Crippen LogP) is 4.68. The van der Waals surface area contributed by atoms with E-state index in [4.69, 9.17) is 11.6 Å². The van der Waals surface area contributed by atoms with E-state index in [1.54, 1.807) is 0 Å².